The Labute approximate surface area is 68.5 Å². The molecule has 1 heterocycles. The van der Waals surface area contributed by atoms with Crippen LogP contribution in [0.4, 0.5) is 0 Å². The molecule has 0 aromatic carbocycles. The Kier molecular flexibility index (Phi) is 4.50. The maximum Gasteiger partial charge on any atom is 0.0700 e. The summed E-state index contributed by atoms with van der Waals surface area (Å²) in [5.41, 5.74) is 0. The summed E-state index contributed by atoms with van der Waals surface area (Å²) >= 11 is 0. The molecule has 0 bridgehead atoms. The van der Waals surface area contributed by atoms with Gasteiger partial charge in [0.15, 0.2) is 0 Å². The second-order valence-electron chi connectivity index (χ2n) is 2.94. The zero-order chi connectivity index (χ0) is 7.94. The van der Waals surface area contributed by atoms with Gasteiger partial charge in [0.2, 0.25) is 0 Å². The molecule has 1 saturated heterocycles. The number of hydrogen-bond donors (Lipinski definition) is 2. The van der Waals surface area contributed by atoms with Gasteiger partial charge >= 0.3 is 0 Å². The van der Waals surface area contributed by atoms with E-state index < -0.39 is 0 Å². The van der Waals surface area contributed by atoms with Gasteiger partial charge in [-0.05, 0) is 26.4 Å². The Morgan fingerprint density at radius 2 is 2.55 bits per heavy atom. The van der Waals surface area contributed by atoms with E-state index in [9.17, 15) is 0 Å². The van der Waals surface area contributed by atoms with Gasteiger partial charge in [0, 0.05) is 13.1 Å². The van der Waals surface area contributed by atoms with Crippen molar-refractivity contribution in [3.63, 3.8) is 0 Å². The highest BCUT2D eigenvalue weighted by Gasteiger charge is 2.11. The fourth-order valence-electron chi connectivity index (χ4n) is 1.31. The van der Waals surface area contributed by atoms with Gasteiger partial charge < -0.3 is 15.4 Å². The van der Waals surface area contributed by atoms with Crippen molar-refractivity contribution in [2.45, 2.75) is 18.9 Å². The minimum atomic E-state index is 0.456. The van der Waals surface area contributed by atoms with E-state index >= 15 is 0 Å². The molecule has 0 aromatic rings. The van der Waals surface area contributed by atoms with E-state index in [1.165, 1.54) is 12.8 Å². The Hall–Kier alpha value is -0.120. The molecule has 2 N–H and O–H groups in total. The number of nitrogens with one attached hydrogen (secondary N) is 2. The first-order chi connectivity index (χ1) is 5.43. The van der Waals surface area contributed by atoms with Crippen LogP contribution in [-0.2, 0) is 4.74 Å². The molecule has 11 heavy (non-hydrogen) atoms. The molecule has 1 fully saturated rings. The van der Waals surface area contributed by atoms with Crippen LogP contribution in [0, 0.1) is 0 Å². The van der Waals surface area contributed by atoms with Gasteiger partial charge in [-0.2, -0.15) is 0 Å². The molecule has 1 atom stereocenters. The first kappa shape index (κ1) is 8.97. The summed E-state index contributed by atoms with van der Waals surface area (Å²) in [5, 5.41) is 6.45. The maximum atomic E-state index is 5.53. The minimum Gasteiger partial charge on any atom is -0.376 e. The van der Waals surface area contributed by atoms with Crippen molar-refractivity contribution in [2.75, 3.05) is 33.3 Å². The summed E-state index contributed by atoms with van der Waals surface area (Å²) in [6.45, 7) is 4.02. The van der Waals surface area contributed by atoms with Gasteiger partial charge in [-0.15, -0.1) is 0 Å². The zero-order valence-corrected chi connectivity index (χ0v) is 7.23. The molecular formula is C8H18N2O. The van der Waals surface area contributed by atoms with Gasteiger partial charge in [0.25, 0.3) is 0 Å². The Bertz CT molecular complexity index is 92.1. The van der Waals surface area contributed by atoms with E-state index in [2.05, 4.69) is 10.6 Å². The second kappa shape index (κ2) is 5.52. The van der Waals surface area contributed by atoms with E-state index in [1.54, 1.807) is 0 Å². The predicted molar refractivity (Wildman–Crippen MR) is 45.8 cm³/mol. The van der Waals surface area contributed by atoms with Gasteiger partial charge in [-0.3, -0.25) is 0 Å². The van der Waals surface area contributed by atoms with Crippen LogP contribution < -0.4 is 10.6 Å². The topological polar surface area (TPSA) is 33.3 Å². The Morgan fingerprint density at radius 1 is 1.64 bits per heavy atom. The maximum absolute atomic E-state index is 5.53. The van der Waals surface area contributed by atoms with Crippen LogP contribution >= 0.6 is 0 Å². The van der Waals surface area contributed by atoms with E-state index in [4.69, 9.17) is 4.74 Å². The third kappa shape index (κ3) is 3.70. The molecule has 1 unspecified atom stereocenters. The van der Waals surface area contributed by atoms with Gasteiger partial charge in [0.05, 0.1) is 12.7 Å². The predicted octanol–water partition coefficient (Wildman–Crippen LogP) is -0.0256. The first-order valence-electron chi connectivity index (χ1n) is 4.40. The lowest BCUT2D eigenvalue weighted by Crippen LogP contribution is -2.38. The number of rotatable bonds is 4. The summed E-state index contributed by atoms with van der Waals surface area (Å²) in [6, 6.07) is 0. The average molecular weight is 158 g/mol. The van der Waals surface area contributed by atoms with Crippen molar-refractivity contribution in [3.8, 4) is 0 Å². The normalized spacial score (nSPS) is 25.4. The third-order valence-electron chi connectivity index (χ3n) is 1.96. The van der Waals surface area contributed by atoms with E-state index in [-0.39, 0.29) is 0 Å². The standard InChI is InChI=1S/C8H18N2O/c1-9-4-2-3-8-7-10-5-6-11-8/h8-10H,2-7H2,1H3. The van der Waals surface area contributed by atoms with Crippen LogP contribution in [0.1, 0.15) is 12.8 Å². The van der Waals surface area contributed by atoms with E-state index in [1.807, 2.05) is 7.05 Å². The SMILES string of the molecule is CNCCCC1CNCCO1. The fourth-order valence-corrected chi connectivity index (χ4v) is 1.31. The van der Waals surface area contributed by atoms with Crippen LogP contribution in [0.3, 0.4) is 0 Å². The smallest absolute Gasteiger partial charge is 0.0700 e. The molecule has 1 aliphatic heterocycles. The quantitative estimate of drug-likeness (QED) is 0.564. The molecule has 3 nitrogen and oxygen atoms in total. The molecule has 0 aliphatic carbocycles. The fraction of sp³-hybridized carbons (Fsp3) is 1.00. The van der Waals surface area contributed by atoms with Crippen LogP contribution in [0.5, 0.6) is 0 Å². The molecule has 1 aliphatic rings. The second-order valence-corrected chi connectivity index (χ2v) is 2.94. The highest BCUT2D eigenvalue weighted by Crippen LogP contribution is 2.03. The van der Waals surface area contributed by atoms with Crippen molar-refractivity contribution in [2.24, 2.45) is 0 Å². The molecule has 66 valence electrons. The molecular weight excluding hydrogens is 140 g/mol. The van der Waals surface area contributed by atoms with Gasteiger partial charge in [0.1, 0.15) is 0 Å². The Morgan fingerprint density at radius 3 is 3.18 bits per heavy atom. The minimum absolute atomic E-state index is 0.456. The summed E-state index contributed by atoms with van der Waals surface area (Å²) in [5.74, 6) is 0. The largest absolute Gasteiger partial charge is 0.376 e. The van der Waals surface area contributed by atoms with Crippen molar-refractivity contribution in [1.29, 1.82) is 0 Å². The number of morpholine rings is 1. The van der Waals surface area contributed by atoms with Crippen LogP contribution in [0.2, 0.25) is 0 Å². The molecule has 3 heteroatoms. The highest BCUT2D eigenvalue weighted by atomic mass is 16.5. The van der Waals surface area contributed by atoms with Gasteiger partial charge in [-0.1, -0.05) is 0 Å². The molecule has 0 amide bonds. The lowest BCUT2D eigenvalue weighted by molar-refractivity contribution is 0.0226. The highest BCUT2D eigenvalue weighted by molar-refractivity contribution is 4.66. The summed E-state index contributed by atoms with van der Waals surface area (Å²) in [7, 11) is 1.99. The lowest BCUT2D eigenvalue weighted by atomic mass is 10.2. The first-order valence-corrected chi connectivity index (χ1v) is 4.40. The Balaban J connectivity index is 1.96. The molecule has 0 aromatic heterocycles. The summed E-state index contributed by atoms with van der Waals surface area (Å²) in [4.78, 5) is 0. The van der Waals surface area contributed by atoms with E-state index in [0.29, 0.717) is 6.10 Å². The van der Waals surface area contributed by atoms with Gasteiger partial charge in [-0.25, -0.2) is 0 Å². The van der Waals surface area contributed by atoms with Crippen molar-refractivity contribution in [1.82, 2.24) is 10.6 Å². The van der Waals surface area contributed by atoms with Crippen molar-refractivity contribution >= 4 is 0 Å². The monoisotopic (exact) mass is 158 g/mol. The molecule has 0 radical (unpaired) electrons. The zero-order valence-electron chi connectivity index (χ0n) is 7.23. The van der Waals surface area contributed by atoms with Crippen LogP contribution in [0.15, 0.2) is 0 Å². The van der Waals surface area contributed by atoms with Crippen LogP contribution in [-0.4, -0.2) is 39.4 Å². The summed E-state index contributed by atoms with van der Waals surface area (Å²) in [6.07, 6.45) is 2.84. The summed E-state index contributed by atoms with van der Waals surface area (Å²) < 4.78 is 5.53. The van der Waals surface area contributed by atoms with E-state index in [0.717, 1.165) is 26.2 Å². The van der Waals surface area contributed by atoms with Crippen molar-refractivity contribution < 1.29 is 4.74 Å². The molecule has 1 rings (SSSR count). The third-order valence-corrected chi connectivity index (χ3v) is 1.96. The number of ether oxygens (including phenoxy) is 1. The van der Waals surface area contributed by atoms with Crippen LogP contribution in [0.25, 0.3) is 0 Å². The number of hydrogen-bond acceptors (Lipinski definition) is 3. The molecule has 0 spiro atoms. The average Bonchev–Trinajstić information content (AvgIpc) is 2.07. The van der Waals surface area contributed by atoms with Crippen molar-refractivity contribution in [3.05, 3.63) is 0 Å². The molecule has 0 saturated carbocycles. The lowest BCUT2D eigenvalue weighted by Gasteiger charge is -2.23.